The molecule has 1 rings (SSSR count). The summed E-state index contributed by atoms with van der Waals surface area (Å²) in [6.45, 7) is 2.01. The van der Waals surface area contributed by atoms with Crippen LogP contribution in [-0.4, -0.2) is 4.92 Å². The fourth-order valence-electron chi connectivity index (χ4n) is 0.937. The van der Waals surface area contributed by atoms with Crippen LogP contribution in [0.3, 0.4) is 0 Å². The molecule has 0 saturated heterocycles. The molecule has 12 heavy (non-hydrogen) atoms. The molecule has 0 aromatic heterocycles. The Morgan fingerprint density at radius 2 is 2.25 bits per heavy atom. The quantitative estimate of drug-likeness (QED) is 0.579. The van der Waals surface area contributed by atoms with Crippen molar-refractivity contribution in [1.29, 1.82) is 0 Å². The van der Waals surface area contributed by atoms with Gasteiger partial charge in [0.05, 0.1) is 4.92 Å². The number of hydrogen-bond acceptors (Lipinski definition) is 2. The summed E-state index contributed by atoms with van der Waals surface area (Å²) in [5.74, 6) is 0. The van der Waals surface area contributed by atoms with Crippen LogP contribution in [0.5, 0.6) is 0 Å². The molecule has 0 aliphatic heterocycles. The van der Waals surface area contributed by atoms with Crippen LogP contribution >= 0.6 is 15.9 Å². The molecule has 3 nitrogen and oxygen atoms in total. The van der Waals surface area contributed by atoms with Gasteiger partial charge in [0.15, 0.2) is 0 Å². The maximum Gasteiger partial charge on any atom is 0.270 e. The van der Waals surface area contributed by atoms with Crippen LogP contribution in [0.25, 0.3) is 0 Å². The van der Waals surface area contributed by atoms with Crippen molar-refractivity contribution in [2.45, 2.75) is 13.3 Å². The lowest BCUT2D eigenvalue weighted by Crippen LogP contribution is -1.89. The first-order chi connectivity index (χ1) is 5.65. The van der Waals surface area contributed by atoms with Gasteiger partial charge in [0.25, 0.3) is 5.69 Å². The van der Waals surface area contributed by atoms with E-state index in [1.165, 1.54) is 12.1 Å². The van der Waals surface area contributed by atoms with E-state index in [-0.39, 0.29) is 5.69 Å². The van der Waals surface area contributed by atoms with E-state index in [1.54, 1.807) is 6.07 Å². The van der Waals surface area contributed by atoms with Gasteiger partial charge in [-0.15, -0.1) is 0 Å². The lowest BCUT2D eigenvalue weighted by molar-refractivity contribution is -0.384. The smallest absolute Gasteiger partial charge is 0.258 e. The molecule has 0 atom stereocenters. The second kappa shape index (κ2) is 3.67. The molecule has 0 fully saturated rings. The summed E-state index contributed by atoms with van der Waals surface area (Å²) < 4.78 is 0.805. The second-order valence-corrected chi connectivity index (χ2v) is 3.24. The third-order valence-electron chi connectivity index (χ3n) is 1.63. The lowest BCUT2D eigenvalue weighted by atomic mass is 10.1. The number of nitro groups is 1. The van der Waals surface area contributed by atoms with E-state index in [9.17, 15) is 10.1 Å². The Hall–Kier alpha value is -0.900. The highest BCUT2D eigenvalue weighted by molar-refractivity contribution is 9.10. The van der Waals surface area contributed by atoms with Crippen molar-refractivity contribution in [2.24, 2.45) is 0 Å². The van der Waals surface area contributed by atoms with Gasteiger partial charge in [0, 0.05) is 16.6 Å². The summed E-state index contributed by atoms with van der Waals surface area (Å²) in [5.41, 5.74) is 1.21. The monoisotopic (exact) mass is 229 g/mol. The van der Waals surface area contributed by atoms with E-state index in [1.807, 2.05) is 6.92 Å². The predicted octanol–water partition coefficient (Wildman–Crippen LogP) is 2.92. The van der Waals surface area contributed by atoms with Crippen molar-refractivity contribution in [3.05, 3.63) is 38.3 Å². The third kappa shape index (κ3) is 1.82. The van der Waals surface area contributed by atoms with Crippen LogP contribution in [0.4, 0.5) is 5.69 Å². The number of hydrogen-bond donors (Lipinski definition) is 0. The molecule has 1 aromatic carbocycles. The van der Waals surface area contributed by atoms with E-state index in [0.29, 0.717) is 0 Å². The minimum Gasteiger partial charge on any atom is -0.258 e. The normalized spacial score (nSPS) is 9.83. The Bertz CT molecular complexity index is 312. The minimum atomic E-state index is -0.399. The highest BCUT2D eigenvalue weighted by Crippen LogP contribution is 2.22. The molecule has 0 bridgehead atoms. The van der Waals surface area contributed by atoms with Crippen LogP contribution in [0.15, 0.2) is 22.7 Å². The zero-order valence-corrected chi connectivity index (χ0v) is 8.17. The Labute approximate surface area is 78.7 Å². The van der Waals surface area contributed by atoms with Crippen molar-refractivity contribution in [2.75, 3.05) is 0 Å². The Balaban J connectivity index is 3.10. The first kappa shape index (κ1) is 9.19. The number of benzene rings is 1. The summed E-state index contributed by atoms with van der Waals surface area (Å²) in [6, 6.07) is 4.81. The summed E-state index contributed by atoms with van der Waals surface area (Å²) in [7, 11) is 0. The summed E-state index contributed by atoms with van der Waals surface area (Å²) in [5, 5.41) is 10.3. The molecule has 0 saturated carbocycles. The first-order valence-electron chi connectivity index (χ1n) is 3.58. The standard InChI is InChI=1S/C8H8BrNO2/c1-2-6-3-4-7(10(11)12)5-8(6)9/h3-5H,2H2,1H3. The molecule has 0 N–H and O–H groups in total. The molecule has 0 heterocycles. The molecule has 4 heteroatoms. The van der Waals surface area contributed by atoms with Crippen LogP contribution in [-0.2, 0) is 6.42 Å². The number of nitro benzene ring substituents is 1. The Morgan fingerprint density at radius 3 is 2.67 bits per heavy atom. The van der Waals surface area contributed by atoms with Crippen LogP contribution in [0.2, 0.25) is 0 Å². The van der Waals surface area contributed by atoms with E-state index in [4.69, 9.17) is 0 Å². The lowest BCUT2D eigenvalue weighted by Gasteiger charge is -1.99. The molecule has 0 aliphatic carbocycles. The zero-order chi connectivity index (χ0) is 9.14. The zero-order valence-electron chi connectivity index (χ0n) is 6.58. The molecule has 1 aromatic rings. The highest BCUT2D eigenvalue weighted by atomic mass is 79.9. The van der Waals surface area contributed by atoms with E-state index < -0.39 is 4.92 Å². The van der Waals surface area contributed by atoms with Gasteiger partial charge in [-0.3, -0.25) is 10.1 Å². The number of rotatable bonds is 2. The molecule has 0 spiro atoms. The van der Waals surface area contributed by atoms with Crippen LogP contribution in [0.1, 0.15) is 12.5 Å². The van der Waals surface area contributed by atoms with E-state index >= 15 is 0 Å². The number of nitrogens with zero attached hydrogens (tertiary/aromatic N) is 1. The predicted molar refractivity (Wildman–Crippen MR) is 50.2 cm³/mol. The third-order valence-corrected chi connectivity index (χ3v) is 2.37. The molecule has 0 radical (unpaired) electrons. The topological polar surface area (TPSA) is 43.1 Å². The summed E-state index contributed by atoms with van der Waals surface area (Å²) in [4.78, 5) is 9.94. The van der Waals surface area contributed by atoms with Crippen LogP contribution < -0.4 is 0 Å². The van der Waals surface area contributed by atoms with Gasteiger partial charge in [-0.25, -0.2) is 0 Å². The second-order valence-electron chi connectivity index (χ2n) is 2.39. The molecule has 0 unspecified atom stereocenters. The average molecular weight is 230 g/mol. The number of halogens is 1. The van der Waals surface area contributed by atoms with Gasteiger partial charge in [0.1, 0.15) is 0 Å². The van der Waals surface area contributed by atoms with Crippen LogP contribution in [0, 0.1) is 10.1 Å². The van der Waals surface area contributed by atoms with Crippen molar-refractivity contribution in [3.8, 4) is 0 Å². The molecule has 0 aliphatic rings. The maximum atomic E-state index is 10.3. The highest BCUT2D eigenvalue weighted by Gasteiger charge is 2.07. The number of aryl methyl sites for hydroxylation is 1. The Morgan fingerprint density at radius 1 is 1.58 bits per heavy atom. The largest absolute Gasteiger partial charge is 0.270 e. The van der Waals surface area contributed by atoms with Gasteiger partial charge in [-0.2, -0.15) is 0 Å². The maximum absolute atomic E-state index is 10.3. The summed E-state index contributed by atoms with van der Waals surface area (Å²) in [6.07, 6.45) is 0.874. The Kier molecular flexibility index (Phi) is 2.81. The SMILES string of the molecule is CCc1ccc([N+](=O)[O-])cc1Br. The average Bonchev–Trinajstić information content (AvgIpc) is 2.04. The summed E-state index contributed by atoms with van der Waals surface area (Å²) >= 11 is 3.27. The van der Waals surface area contributed by atoms with Gasteiger partial charge >= 0.3 is 0 Å². The minimum absolute atomic E-state index is 0.124. The fourth-order valence-corrected chi connectivity index (χ4v) is 1.58. The molecular weight excluding hydrogens is 222 g/mol. The molecule has 64 valence electrons. The fraction of sp³-hybridized carbons (Fsp3) is 0.250. The number of non-ortho nitro benzene ring substituents is 1. The van der Waals surface area contributed by atoms with Gasteiger partial charge in [-0.1, -0.05) is 28.9 Å². The van der Waals surface area contributed by atoms with Gasteiger partial charge in [-0.05, 0) is 12.0 Å². The van der Waals surface area contributed by atoms with E-state index in [2.05, 4.69) is 15.9 Å². The van der Waals surface area contributed by atoms with Gasteiger partial charge in [0.2, 0.25) is 0 Å². The van der Waals surface area contributed by atoms with Crippen molar-refractivity contribution in [1.82, 2.24) is 0 Å². The molecule has 0 amide bonds. The molecular formula is C8H8BrNO2. The van der Waals surface area contributed by atoms with Crippen molar-refractivity contribution in [3.63, 3.8) is 0 Å². The van der Waals surface area contributed by atoms with Crippen molar-refractivity contribution < 1.29 is 4.92 Å². The first-order valence-corrected chi connectivity index (χ1v) is 4.37. The van der Waals surface area contributed by atoms with E-state index in [0.717, 1.165) is 16.5 Å². The van der Waals surface area contributed by atoms with Gasteiger partial charge < -0.3 is 0 Å². The van der Waals surface area contributed by atoms with Crippen molar-refractivity contribution >= 4 is 21.6 Å².